The zero-order valence-electron chi connectivity index (χ0n) is 17.7. The molecule has 8 nitrogen and oxygen atoms in total. The summed E-state index contributed by atoms with van der Waals surface area (Å²) in [5.74, 6) is 1.10. The molecule has 0 aliphatic carbocycles. The second kappa shape index (κ2) is 9.74. The van der Waals surface area contributed by atoms with E-state index in [9.17, 15) is 13.2 Å². The molecule has 33 heavy (non-hydrogen) atoms. The summed E-state index contributed by atoms with van der Waals surface area (Å²) >= 11 is 0. The third-order valence-corrected chi connectivity index (χ3v) is 7.12. The molecule has 0 saturated heterocycles. The maximum Gasteiger partial charge on any atom is 0.319 e. The topological polar surface area (TPSA) is 107 Å². The van der Waals surface area contributed by atoms with Crippen molar-refractivity contribution in [3.05, 3.63) is 90.8 Å². The van der Waals surface area contributed by atoms with E-state index in [1.807, 2.05) is 6.07 Å². The molecule has 0 bridgehead atoms. The van der Waals surface area contributed by atoms with Crippen LogP contribution in [0.5, 0.6) is 11.5 Å². The van der Waals surface area contributed by atoms with Crippen molar-refractivity contribution >= 4 is 21.6 Å². The van der Waals surface area contributed by atoms with Crippen LogP contribution in [0, 0.1) is 0 Å². The van der Waals surface area contributed by atoms with Crippen LogP contribution >= 0.6 is 0 Å². The Labute approximate surface area is 192 Å². The van der Waals surface area contributed by atoms with Gasteiger partial charge in [0.1, 0.15) is 18.5 Å². The highest BCUT2D eigenvalue weighted by Gasteiger charge is 2.28. The van der Waals surface area contributed by atoms with E-state index >= 15 is 0 Å². The van der Waals surface area contributed by atoms with Gasteiger partial charge in [0.25, 0.3) is 0 Å². The molecule has 0 spiro atoms. The normalized spacial score (nSPS) is 13.6. The van der Waals surface area contributed by atoms with Crippen molar-refractivity contribution < 1.29 is 22.7 Å². The average Bonchev–Trinajstić information content (AvgIpc) is 2.84. The van der Waals surface area contributed by atoms with E-state index in [1.54, 1.807) is 48.8 Å². The standard InChI is InChI=1S/C24H23N3O5S/c1-2-23(18-5-10-21-22(14-18)32-13-12-31-21)33(29,30)20-8-6-19(7-9-20)27-24(28)26-16-17-4-3-11-25-15-17/h2-11,14-15,23H,1,12-13,16H2,(H2,26,27,28). The Morgan fingerprint density at radius 1 is 1.09 bits per heavy atom. The zero-order valence-corrected chi connectivity index (χ0v) is 18.5. The molecule has 2 heterocycles. The monoisotopic (exact) mass is 465 g/mol. The van der Waals surface area contributed by atoms with Crippen LogP contribution in [0.3, 0.4) is 0 Å². The van der Waals surface area contributed by atoms with Gasteiger partial charge < -0.3 is 20.1 Å². The van der Waals surface area contributed by atoms with Crippen molar-refractivity contribution in [2.75, 3.05) is 18.5 Å². The number of aromatic nitrogens is 1. The molecule has 170 valence electrons. The van der Waals surface area contributed by atoms with Crippen LogP contribution in [0.4, 0.5) is 10.5 Å². The predicted octanol–water partition coefficient (Wildman–Crippen LogP) is 3.88. The van der Waals surface area contributed by atoms with E-state index in [0.29, 0.717) is 42.5 Å². The number of benzene rings is 2. The van der Waals surface area contributed by atoms with Crippen LogP contribution in [0.25, 0.3) is 0 Å². The third kappa shape index (κ3) is 5.15. The molecule has 0 saturated carbocycles. The molecular formula is C24H23N3O5S. The van der Waals surface area contributed by atoms with Crippen molar-refractivity contribution in [3.8, 4) is 11.5 Å². The van der Waals surface area contributed by atoms with E-state index in [2.05, 4.69) is 22.2 Å². The fourth-order valence-electron chi connectivity index (χ4n) is 3.41. The molecular weight excluding hydrogens is 442 g/mol. The Morgan fingerprint density at radius 2 is 1.85 bits per heavy atom. The number of sulfone groups is 1. The highest BCUT2D eigenvalue weighted by atomic mass is 32.2. The fraction of sp³-hybridized carbons (Fsp3) is 0.167. The first-order chi connectivity index (χ1) is 16.0. The van der Waals surface area contributed by atoms with Gasteiger partial charge in [-0.1, -0.05) is 18.2 Å². The Morgan fingerprint density at radius 3 is 2.55 bits per heavy atom. The summed E-state index contributed by atoms with van der Waals surface area (Å²) in [6, 6.07) is 14.3. The quantitative estimate of drug-likeness (QED) is 0.513. The van der Waals surface area contributed by atoms with Crippen molar-refractivity contribution in [1.82, 2.24) is 10.3 Å². The number of carbonyl (C=O) groups is 1. The maximum absolute atomic E-state index is 13.3. The van der Waals surface area contributed by atoms with Gasteiger partial charge >= 0.3 is 6.03 Å². The molecule has 1 aliphatic rings. The molecule has 1 aliphatic heterocycles. The Bertz CT molecular complexity index is 1240. The van der Waals surface area contributed by atoms with Crippen LogP contribution in [0.15, 0.2) is 84.5 Å². The van der Waals surface area contributed by atoms with Crippen molar-refractivity contribution in [2.24, 2.45) is 0 Å². The molecule has 1 atom stereocenters. The van der Waals surface area contributed by atoms with Crippen LogP contribution < -0.4 is 20.1 Å². The first kappa shape index (κ1) is 22.3. The molecule has 2 aromatic carbocycles. The fourth-order valence-corrected chi connectivity index (χ4v) is 4.98. The Kier molecular flexibility index (Phi) is 6.60. The van der Waals surface area contributed by atoms with Gasteiger partial charge in [0, 0.05) is 24.6 Å². The number of urea groups is 1. The van der Waals surface area contributed by atoms with E-state index < -0.39 is 21.1 Å². The molecule has 1 unspecified atom stereocenters. The van der Waals surface area contributed by atoms with Crippen LogP contribution in [0.2, 0.25) is 0 Å². The summed E-state index contributed by atoms with van der Waals surface area (Å²) in [7, 11) is -3.77. The maximum atomic E-state index is 13.3. The number of hydrogen-bond acceptors (Lipinski definition) is 6. The second-order valence-corrected chi connectivity index (χ2v) is 9.37. The van der Waals surface area contributed by atoms with Gasteiger partial charge in [-0.05, 0) is 53.6 Å². The number of nitrogens with one attached hydrogen (secondary N) is 2. The van der Waals surface area contributed by atoms with Crippen LogP contribution in [0.1, 0.15) is 16.4 Å². The molecule has 4 rings (SSSR count). The van der Waals surface area contributed by atoms with Crippen molar-refractivity contribution in [2.45, 2.75) is 16.7 Å². The van der Waals surface area contributed by atoms with Gasteiger partial charge in [0.2, 0.25) is 0 Å². The van der Waals surface area contributed by atoms with E-state index in [4.69, 9.17) is 9.47 Å². The first-order valence-corrected chi connectivity index (χ1v) is 11.8. The summed E-state index contributed by atoms with van der Waals surface area (Å²) < 4.78 is 37.6. The van der Waals surface area contributed by atoms with Crippen molar-refractivity contribution in [1.29, 1.82) is 0 Å². The zero-order chi connectivity index (χ0) is 23.3. The number of carbonyl (C=O) groups excluding carboxylic acids is 1. The van der Waals surface area contributed by atoms with Crippen LogP contribution in [-0.2, 0) is 16.4 Å². The van der Waals surface area contributed by atoms with Crippen molar-refractivity contribution in [3.63, 3.8) is 0 Å². The van der Waals surface area contributed by atoms with E-state index in [-0.39, 0.29) is 4.90 Å². The van der Waals surface area contributed by atoms with Gasteiger partial charge in [-0.2, -0.15) is 0 Å². The minimum Gasteiger partial charge on any atom is -0.486 e. The highest BCUT2D eigenvalue weighted by molar-refractivity contribution is 7.91. The number of amides is 2. The third-order valence-electron chi connectivity index (χ3n) is 5.06. The van der Waals surface area contributed by atoms with E-state index in [0.717, 1.165) is 5.56 Å². The lowest BCUT2D eigenvalue weighted by atomic mass is 10.1. The summed E-state index contributed by atoms with van der Waals surface area (Å²) in [5.41, 5.74) is 1.86. The summed E-state index contributed by atoms with van der Waals surface area (Å²) in [6.07, 6.45) is 4.71. The molecule has 2 N–H and O–H groups in total. The average molecular weight is 466 g/mol. The smallest absolute Gasteiger partial charge is 0.319 e. The molecule has 0 fully saturated rings. The lowest BCUT2D eigenvalue weighted by Gasteiger charge is -2.21. The highest BCUT2D eigenvalue weighted by Crippen LogP contribution is 2.37. The number of anilines is 1. The number of rotatable bonds is 7. The number of fused-ring (bicyclic) bond motifs is 1. The Hall–Kier alpha value is -3.85. The first-order valence-electron chi connectivity index (χ1n) is 10.3. The lowest BCUT2D eigenvalue weighted by molar-refractivity contribution is 0.171. The molecule has 2 amide bonds. The van der Waals surface area contributed by atoms with Gasteiger partial charge in [-0.3, -0.25) is 4.98 Å². The largest absolute Gasteiger partial charge is 0.486 e. The molecule has 9 heteroatoms. The van der Waals surface area contributed by atoms with E-state index in [1.165, 1.54) is 18.2 Å². The molecule has 3 aromatic rings. The van der Waals surface area contributed by atoms with Gasteiger partial charge in [0.15, 0.2) is 21.3 Å². The Balaban J connectivity index is 1.45. The second-order valence-electron chi connectivity index (χ2n) is 7.30. The van der Waals surface area contributed by atoms with Gasteiger partial charge in [-0.15, -0.1) is 6.58 Å². The summed E-state index contributed by atoms with van der Waals surface area (Å²) in [4.78, 5) is 16.2. The summed E-state index contributed by atoms with van der Waals surface area (Å²) in [6.45, 7) is 4.91. The molecule has 1 aromatic heterocycles. The van der Waals surface area contributed by atoms with Crippen LogP contribution in [-0.4, -0.2) is 32.6 Å². The van der Waals surface area contributed by atoms with Gasteiger partial charge in [0.05, 0.1) is 4.90 Å². The number of pyridine rings is 1. The number of hydrogen-bond donors (Lipinski definition) is 2. The van der Waals surface area contributed by atoms with Gasteiger partial charge in [-0.25, -0.2) is 13.2 Å². The number of ether oxygens (including phenoxy) is 2. The number of nitrogens with zero attached hydrogens (tertiary/aromatic N) is 1. The minimum atomic E-state index is -3.77. The predicted molar refractivity (Wildman–Crippen MR) is 124 cm³/mol. The summed E-state index contributed by atoms with van der Waals surface area (Å²) in [5, 5.41) is 4.44. The minimum absolute atomic E-state index is 0.114. The molecule has 0 radical (unpaired) electrons. The lowest BCUT2D eigenvalue weighted by Crippen LogP contribution is -2.28. The SMILES string of the molecule is C=CC(c1ccc2c(c1)OCCO2)S(=O)(=O)c1ccc(NC(=O)NCc2cccnc2)cc1.